The Morgan fingerprint density at radius 1 is 1.20 bits per heavy atom. The van der Waals surface area contributed by atoms with Crippen molar-refractivity contribution in [3.05, 3.63) is 46.2 Å². The van der Waals surface area contributed by atoms with Crippen LogP contribution in [-0.4, -0.2) is 24.1 Å². The number of hydrogen-bond donors (Lipinski definition) is 2. The molecule has 0 unspecified atom stereocenters. The number of benzene rings is 2. The topological polar surface area (TPSA) is 59.1 Å². The summed E-state index contributed by atoms with van der Waals surface area (Å²) in [5, 5.41) is 7.69. The van der Waals surface area contributed by atoms with Crippen LogP contribution in [0.25, 0.3) is 10.9 Å². The maximum atomic E-state index is 5.35. The van der Waals surface area contributed by atoms with E-state index in [1.807, 2.05) is 19.2 Å². The second kappa shape index (κ2) is 7.27. The van der Waals surface area contributed by atoms with Gasteiger partial charge in [-0.3, -0.25) is 0 Å². The van der Waals surface area contributed by atoms with E-state index in [1.54, 1.807) is 13.4 Å². The number of aryl methyl sites for hydroxylation is 1. The summed E-state index contributed by atoms with van der Waals surface area (Å²) in [6.07, 6.45) is 2.55. The van der Waals surface area contributed by atoms with E-state index >= 15 is 0 Å². The highest BCUT2D eigenvalue weighted by molar-refractivity contribution is 9.10. The summed E-state index contributed by atoms with van der Waals surface area (Å²) in [5.74, 6) is 1.51. The monoisotopic (exact) mass is 400 g/mol. The summed E-state index contributed by atoms with van der Waals surface area (Å²) in [6.45, 7) is 4.27. The van der Waals surface area contributed by atoms with Crippen molar-refractivity contribution >= 4 is 44.0 Å². The molecule has 6 heteroatoms. The maximum Gasteiger partial charge on any atom is 0.141 e. The fourth-order valence-electron chi connectivity index (χ4n) is 2.99. The first-order valence-electron chi connectivity index (χ1n) is 8.14. The van der Waals surface area contributed by atoms with Crippen molar-refractivity contribution in [3.8, 4) is 5.75 Å². The lowest BCUT2D eigenvalue weighted by Gasteiger charge is -2.17. The average Bonchev–Trinajstić information content (AvgIpc) is 2.63. The van der Waals surface area contributed by atoms with Gasteiger partial charge in [0, 0.05) is 29.9 Å². The lowest BCUT2D eigenvalue weighted by molar-refractivity contribution is 0.412. The molecule has 0 bridgehead atoms. The fraction of sp³-hybridized carbons (Fsp3) is 0.263. The quantitative estimate of drug-likeness (QED) is 0.626. The molecule has 130 valence electrons. The minimum Gasteiger partial charge on any atom is -0.495 e. The number of anilines is 3. The Kier molecular flexibility index (Phi) is 5.08. The summed E-state index contributed by atoms with van der Waals surface area (Å²) < 4.78 is 6.22. The Hall–Kier alpha value is -2.34. The van der Waals surface area contributed by atoms with Crippen LogP contribution in [-0.2, 0) is 6.42 Å². The Morgan fingerprint density at radius 2 is 2.00 bits per heavy atom. The van der Waals surface area contributed by atoms with Crippen molar-refractivity contribution in [2.45, 2.75) is 20.3 Å². The van der Waals surface area contributed by atoms with Crippen molar-refractivity contribution in [2.75, 3.05) is 24.8 Å². The van der Waals surface area contributed by atoms with Gasteiger partial charge in [-0.25, -0.2) is 9.97 Å². The largest absolute Gasteiger partial charge is 0.495 e. The molecule has 3 aromatic rings. The predicted octanol–water partition coefficient (Wildman–Crippen LogP) is 5.06. The molecule has 3 rings (SSSR count). The van der Waals surface area contributed by atoms with Gasteiger partial charge in [-0.1, -0.05) is 13.0 Å². The highest BCUT2D eigenvalue weighted by atomic mass is 79.9. The van der Waals surface area contributed by atoms with Crippen LogP contribution in [0.2, 0.25) is 0 Å². The van der Waals surface area contributed by atoms with Crippen molar-refractivity contribution < 1.29 is 4.74 Å². The van der Waals surface area contributed by atoms with E-state index in [-0.39, 0.29) is 0 Å². The van der Waals surface area contributed by atoms with Gasteiger partial charge >= 0.3 is 0 Å². The molecule has 0 fully saturated rings. The molecule has 1 heterocycles. The number of halogens is 1. The normalized spacial score (nSPS) is 10.8. The van der Waals surface area contributed by atoms with E-state index in [4.69, 9.17) is 4.74 Å². The average molecular weight is 401 g/mol. The van der Waals surface area contributed by atoms with E-state index in [0.29, 0.717) is 0 Å². The van der Waals surface area contributed by atoms with Gasteiger partial charge in [-0.05, 0) is 52.5 Å². The van der Waals surface area contributed by atoms with Gasteiger partial charge < -0.3 is 15.4 Å². The molecule has 1 aromatic heterocycles. The number of fused-ring (bicyclic) bond motifs is 1. The van der Waals surface area contributed by atoms with Crippen molar-refractivity contribution in [1.82, 2.24) is 9.97 Å². The first kappa shape index (κ1) is 17.5. The third kappa shape index (κ3) is 3.26. The molecule has 0 saturated carbocycles. The number of hydrogen-bond acceptors (Lipinski definition) is 5. The number of aromatic nitrogens is 2. The van der Waals surface area contributed by atoms with Crippen LogP contribution in [0, 0.1) is 6.92 Å². The minimum absolute atomic E-state index is 0.748. The molecule has 5 nitrogen and oxygen atoms in total. The van der Waals surface area contributed by atoms with Crippen LogP contribution in [0.3, 0.4) is 0 Å². The van der Waals surface area contributed by atoms with E-state index in [1.165, 1.54) is 11.1 Å². The smallest absolute Gasteiger partial charge is 0.141 e. The Balaban J connectivity index is 2.08. The van der Waals surface area contributed by atoms with E-state index in [2.05, 4.69) is 62.5 Å². The lowest BCUT2D eigenvalue weighted by atomic mass is 10.0. The molecular weight excluding hydrogens is 380 g/mol. The number of nitrogens with one attached hydrogen (secondary N) is 2. The number of ether oxygens (including phenoxy) is 1. The number of methoxy groups -OCH3 is 1. The zero-order chi connectivity index (χ0) is 18.0. The predicted molar refractivity (Wildman–Crippen MR) is 107 cm³/mol. The van der Waals surface area contributed by atoms with Gasteiger partial charge in [0.15, 0.2) is 0 Å². The molecule has 0 atom stereocenters. The molecular formula is C19H21BrN4O. The summed E-state index contributed by atoms with van der Waals surface area (Å²) in [6, 6.07) is 8.12. The van der Waals surface area contributed by atoms with E-state index < -0.39 is 0 Å². The van der Waals surface area contributed by atoms with Gasteiger partial charge in [0.2, 0.25) is 0 Å². The molecule has 0 spiro atoms. The molecule has 25 heavy (non-hydrogen) atoms. The lowest BCUT2D eigenvalue weighted by Crippen LogP contribution is -2.03. The standard InChI is InChI=1S/C19H21BrN4O/c1-5-12-6-7-15(11(2)18(12)21-3)24-19-13-8-14(20)17(25-4)9-16(13)22-10-23-19/h6-10,21H,5H2,1-4H3,(H,22,23,24). The molecule has 0 radical (unpaired) electrons. The maximum absolute atomic E-state index is 5.35. The third-order valence-corrected chi connectivity index (χ3v) is 4.96. The summed E-state index contributed by atoms with van der Waals surface area (Å²) >= 11 is 3.53. The molecule has 0 aliphatic heterocycles. The molecule has 2 N–H and O–H groups in total. The fourth-order valence-corrected chi connectivity index (χ4v) is 3.49. The second-order valence-electron chi connectivity index (χ2n) is 5.73. The van der Waals surface area contributed by atoms with Gasteiger partial charge in [0.25, 0.3) is 0 Å². The molecule has 2 aromatic carbocycles. The Bertz CT molecular complexity index is 927. The molecule has 0 aliphatic rings. The van der Waals surface area contributed by atoms with Crippen molar-refractivity contribution in [1.29, 1.82) is 0 Å². The van der Waals surface area contributed by atoms with Crippen LogP contribution in [0.4, 0.5) is 17.2 Å². The van der Waals surface area contributed by atoms with Crippen LogP contribution < -0.4 is 15.4 Å². The van der Waals surface area contributed by atoms with E-state index in [0.717, 1.165) is 44.7 Å². The summed E-state index contributed by atoms with van der Waals surface area (Å²) in [7, 11) is 3.60. The highest BCUT2D eigenvalue weighted by Crippen LogP contribution is 2.34. The zero-order valence-corrected chi connectivity index (χ0v) is 16.4. The SMILES string of the molecule is CCc1ccc(Nc2ncnc3cc(OC)c(Br)cc23)c(C)c1NC. The van der Waals surface area contributed by atoms with Gasteiger partial charge in [0.05, 0.1) is 17.1 Å². The number of nitrogens with zero attached hydrogens (tertiary/aromatic N) is 2. The van der Waals surface area contributed by atoms with Gasteiger partial charge in [-0.15, -0.1) is 0 Å². The first-order chi connectivity index (χ1) is 12.1. The molecule has 0 aliphatic carbocycles. The minimum atomic E-state index is 0.748. The molecule has 0 amide bonds. The van der Waals surface area contributed by atoms with E-state index in [9.17, 15) is 0 Å². The molecule has 0 saturated heterocycles. The Labute approximate surface area is 156 Å². The summed E-state index contributed by atoms with van der Waals surface area (Å²) in [4.78, 5) is 8.79. The zero-order valence-electron chi connectivity index (χ0n) is 14.8. The van der Waals surface area contributed by atoms with Crippen molar-refractivity contribution in [2.24, 2.45) is 0 Å². The van der Waals surface area contributed by atoms with Crippen LogP contribution in [0.15, 0.2) is 35.1 Å². The summed E-state index contributed by atoms with van der Waals surface area (Å²) in [5.41, 5.74) is 5.48. The third-order valence-electron chi connectivity index (χ3n) is 4.34. The first-order valence-corrected chi connectivity index (χ1v) is 8.93. The van der Waals surface area contributed by atoms with Gasteiger partial charge in [0.1, 0.15) is 17.9 Å². The second-order valence-corrected chi connectivity index (χ2v) is 6.58. The van der Waals surface area contributed by atoms with Crippen molar-refractivity contribution in [3.63, 3.8) is 0 Å². The Morgan fingerprint density at radius 3 is 2.68 bits per heavy atom. The van der Waals surface area contributed by atoms with Gasteiger partial charge in [-0.2, -0.15) is 0 Å². The van der Waals surface area contributed by atoms with Crippen LogP contribution in [0.5, 0.6) is 5.75 Å². The van der Waals surface area contributed by atoms with Crippen LogP contribution >= 0.6 is 15.9 Å². The van der Waals surface area contributed by atoms with Crippen LogP contribution in [0.1, 0.15) is 18.1 Å². The highest BCUT2D eigenvalue weighted by Gasteiger charge is 2.12. The number of rotatable bonds is 5.